The van der Waals surface area contributed by atoms with Crippen LogP contribution in [0.15, 0.2) is 44.9 Å². The highest BCUT2D eigenvalue weighted by atomic mass is 16.5. The third-order valence-corrected chi connectivity index (χ3v) is 3.87. The number of phenols is 1. The summed E-state index contributed by atoms with van der Waals surface area (Å²) in [4.78, 5) is 12.4. The van der Waals surface area contributed by atoms with Crippen LogP contribution >= 0.6 is 0 Å². The Labute approximate surface area is 143 Å². The first-order chi connectivity index (χ1) is 12.0. The number of nitrogens with two attached hydrogens (primary N) is 1. The number of hydrogen-bond acceptors (Lipinski definition) is 7. The van der Waals surface area contributed by atoms with Crippen LogP contribution < -0.4 is 20.8 Å². The maximum Gasteiger partial charge on any atom is 0.343 e. The van der Waals surface area contributed by atoms with Crippen molar-refractivity contribution in [2.45, 2.75) is 19.8 Å². The van der Waals surface area contributed by atoms with Crippen molar-refractivity contribution in [2.24, 2.45) is 5.73 Å². The zero-order valence-corrected chi connectivity index (χ0v) is 13.7. The van der Waals surface area contributed by atoms with Crippen LogP contribution in [0.5, 0.6) is 17.2 Å². The number of aromatic hydroxyl groups is 1. The molecule has 0 spiro atoms. The Kier molecular flexibility index (Phi) is 4.11. The number of phenolic OH excluding ortho intramolecular Hbond substituents is 1. The maximum absolute atomic E-state index is 12.4. The number of ether oxygens (including phenoxy) is 2. The number of benzene rings is 1. The van der Waals surface area contributed by atoms with E-state index in [4.69, 9.17) is 19.6 Å². The fourth-order valence-electron chi connectivity index (χ4n) is 2.83. The van der Waals surface area contributed by atoms with E-state index >= 15 is 0 Å². The summed E-state index contributed by atoms with van der Waals surface area (Å²) in [6, 6.07) is 8.16. The highest BCUT2D eigenvalue weighted by Crippen LogP contribution is 2.42. The lowest BCUT2D eigenvalue weighted by Gasteiger charge is -2.25. The molecule has 0 saturated heterocycles. The molecule has 3 rings (SSSR count). The number of hydrogen-bond donors (Lipinski definition) is 2. The molecule has 1 aromatic heterocycles. The average Bonchev–Trinajstić information content (AvgIpc) is 2.55. The first-order valence-electron chi connectivity index (χ1n) is 7.64. The summed E-state index contributed by atoms with van der Waals surface area (Å²) in [7, 11) is 0. The fraction of sp³-hybridized carbons (Fsp3) is 0.222. The van der Waals surface area contributed by atoms with E-state index in [2.05, 4.69) is 0 Å². The zero-order chi connectivity index (χ0) is 18.1. The van der Waals surface area contributed by atoms with E-state index in [9.17, 15) is 15.2 Å². The summed E-state index contributed by atoms with van der Waals surface area (Å²) in [6.45, 7) is 3.76. The smallest absolute Gasteiger partial charge is 0.343 e. The van der Waals surface area contributed by atoms with Gasteiger partial charge in [-0.3, -0.25) is 0 Å². The molecule has 2 aromatic rings. The minimum absolute atomic E-state index is 0.0377. The lowest BCUT2D eigenvalue weighted by molar-refractivity contribution is 0.317. The minimum Gasteiger partial charge on any atom is -0.504 e. The van der Waals surface area contributed by atoms with Crippen molar-refractivity contribution in [3.8, 4) is 23.3 Å². The Morgan fingerprint density at radius 2 is 2.16 bits per heavy atom. The lowest BCUT2D eigenvalue weighted by atomic mass is 9.84. The predicted molar refractivity (Wildman–Crippen MR) is 88.3 cm³/mol. The lowest BCUT2D eigenvalue weighted by Crippen LogP contribution is -2.26. The van der Waals surface area contributed by atoms with Crippen LogP contribution in [0.4, 0.5) is 0 Å². The maximum atomic E-state index is 12.4. The van der Waals surface area contributed by atoms with Crippen LogP contribution in [0.2, 0.25) is 0 Å². The van der Waals surface area contributed by atoms with Crippen molar-refractivity contribution in [3.05, 3.63) is 63.0 Å². The van der Waals surface area contributed by atoms with Crippen LogP contribution in [0.3, 0.4) is 0 Å². The third kappa shape index (κ3) is 2.78. The molecule has 0 bridgehead atoms. The molecule has 128 valence electrons. The van der Waals surface area contributed by atoms with Gasteiger partial charge in [0.15, 0.2) is 11.5 Å². The first kappa shape index (κ1) is 16.5. The Hall–Kier alpha value is -3.40. The predicted octanol–water partition coefficient (Wildman–Crippen LogP) is 2.27. The number of aryl methyl sites for hydroxylation is 1. The van der Waals surface area contributed by atoms with Crippen molar-refractivity contribution < 1.29 is 19.0 Å². The summed E-state index contributed by atoms with van der Waals surface area (Å²) < 4.78 is 16.0. The van der Waals surface area contributed by atoms with Gasteiger partial charge in [-0.05, 0) is 31.5 Å². The summed E-state index contributed by atoms with van der Waals surface area (Å²) in [5, 5.41) is 19.4. The van der Waals surface area contributed by atoms with Crippen molar-refractivity contribution in [1.82, 2.24) is 0 Å². The molecular weight excluding hydrogens is 324 g/mol. The first-order valence-corrected chi connectivity index (χ1v) is 7.64. The van der Waals surface area contributed by atoms with E-state index in [1.807, 2.05) is 6.07 Å². The SMILES string of the molecule is CCOc1cc(C2C(C#N)=C(N)Oc3cc(C)oc(=O)c32)ccc1O. The third-order valence-electron chi connectivity index (χ3n) is 3.87. The molecule has 0 fully saturated rings. The number of fused-ring (bicyclic) bond motifs is 1. The Morgan fingerprint density at radius 3 is 2.84 bits per heavy atom. The van der Waals surface area contributed by atoms with Gasteiger partial charge in [-0.2, -0.15) is 5.26 Å². The van der Waals surface area contributed by atoms with Gasteiger partial charge >= 0.3 is 5.63 Å². The van der Waals surface area contributed by atoms with Crippen LogP contribution in [0, 0.1) is 18.3 Å². The van der Waals surface area contributed by atoms with E-state index in [-0.39, 0.29) is 34.3 Å². The summed E-state index contributed by atoms with van der Waals surface area (Å²) >= 11 is 0. The number of allylic oxidation sites excluding steroid dienone is 1. The molecule has 1 aliphatic heterocycles. The second-order valence-electron chi connectivity index (χ2n) is 5.51. The number of nitrogens with zero attached hydrogens (tertiary/aromatic N) is 1. The molecule has 3 N–H and O–H groups in total. The molecule has 1 aliphatic rings. The second kappa shape index (κ2) is 6.24. The van der Waals surface area contributed by atoms with Gasteiger partial charge in [0.1, 0.15) is 23.2 Å². The molecule has 1 atom stereocenters. The average molecular weight is 340 g/mol. The van der Waals surface area contributed by atoms with E-state index in [0.29, 0.717) is 17.9 Å². The van der Waals surface area contributed by atoms with Crippen LogP contribution in [-0.2, 0) is 0 Å². The van der Waals surface area contributed by atoms with Crippen molar-refractivity contribution in [2.75, 3.05) is 6.61 Å². The van der Waals surface area contributed by atoms with Gasteiger partial charge in [0.05, 0.1) is 18.1 Å². The van der Waals surface area contributed by atoms with Crippen LogP contribution in [0.1, 0.15) is 29.7 Å². The van der Waals surface area contributed by atoms with Gasteiger partial charge in [0.25, 0.3) is 0 Å². The number of rotatable bonds is 3. The molecule has 0 aliphatic carbocycles. The highest BCUT2D eigenvalue weighted by molar-refractivity contribution is 5.56. The van der Waals surface area contributed by atoms with Gasteiger partial charge in [-0.25, -0.2) is 4.79 Å². The molecule has 0 radical (unpaired) electrons. The monoisotopic (exact) mass is 340 g/mol. The van der Waals surface area contributed by atoms with Gasteiger partial charge in [0, 0.05) is 6.07 Å². The van der Waals surface area contributed by atoms with Gasteiger partial charge in [0.2, 0.25) is 5.88 Å². The Balaban J connectivity index is 2.26. The second-order valence-corrected chi connectivity index (χ2v) is 5.51. The molecular formula is C18H16N2O5. The van der Waals surface area contributed by atoms with E-state index in [1.165, 1.54) is 6.07 Å². The van der Waals surface area contributed by atoms with Gasteiger partial charge < -0.3 is 24.7 Å². The van der Waals surface area contributed by atoms with Crippen molar-refractivity contribution >= 4 is 0 Å². The summed E-state index contributed by atoms with van der Waals surface area (Å²) in [6.07, 6.45) is 0. The Bertz CT molecular complexity index is 968. The Morgan fingerprint density at radius 1 is 1.40 bits per heavy atom. The van der Waals surface area contributed by atoms with Gasteiger partial charge in [-0.15, -0.1) is 0 Å². The molecule has 7 heteroatoms. The fourth-order valence-corrected chi connectivity index (χ4v) is 2.83. The summed E-state index contributed by atoms with van der Waals surface area (Å²) in [5.74, 6) is -0.0103. The van der Waals surface area contributed by atoms with E-state index < -0.39 is 11.5 Å². The number of nitriles is 1. The molecule has 25 heavy (non-hydrogen) atoms. The zero-order valence-electron chi connectivity index (χ0n) is 13.7. The highest BCUT2D eigenvalue weighted by Gasteiger charge is 2.34. The molecule has 1 aromatic carbocycles. The molecule has 2 heterocycles. The van der Waals surface area contributed by atoms with E-state index in [0.717, 1.165) is 0 Å². The standard InChI is InChI=1S/C18H16N2O5/c1-3-23-13-7-10(4-5-12(13)21)15-11(8-19)17(20)25-14-6-9(2)24-18(22)16(14)15/h4-7,15,21H,3,20H2,1-2H3. The van der Waals surface area contributed by atoms with Crippen molar-refractivity contribution in [3.63, 3.8) is 0 Å². The topological polar surface area (TPSA) is 119 Å². The van der Waals surface area contributed by atoms with Crippen LogP contribution in [-0.4, -0.2) is 11.7 Å². The van der Waals surface area contributed by atoms with Gasteiger partial charge in [-0.1, -0.05) is 6.07 Å². The summed E-state index contributed by atoms with van der Waals surface area (Å²) in [5.41, 5.74) is 6.11. The quantitative estimate of drug-likeness (QED) is 0.879. The van der Waals surface area contributed by atoms with Crippen molar-refractivity contribution in [1.29, 1.82) is 5.26 Å². The minimum atomic E-state index is -0.773. The normalized spacial score (nSPS) is 16.0. The van der Waals surface area contributed by atoms with E-state index in [1.54, 1.807) is 32.0 Å². The largest absolute Gasteiger partial charge is 0.504 e. The molecule has 7 nitrogen and oxygen atoms in total. The van der Waals surface area contributed by atoms with Crippen LogP contribution in [0.25, 0.3) is 0 Å². The molecule has 0 saturated carbocycles. The molecule has 0 amide bonds. The molecule has 1 unspecified atom stereocenters.